The van der Waals surface area contributed by atoms with E-state index in [0.717, 1.165) is 30.9 Å². The first-order chi connectivity index (χ1) is 8.22. The van der Waals surface area contributed by atoms with Crippen molar-refractivity contribution in [2.75, 3.05) is 18.0 Å². The molecule has 0 saturated carbocycles. The van der Waals surface area contributed by atoms with Gasteiger partial charge in [0.1, 0.15) is 0 Å². The van der Waals surface area contributed by atoms with Crippen molar-refractivity contribution in [3.63, 3.8) is 0 Å². The fourth-order valence-electron chi connectivity index (χ4n) is 2.17. The largest absolute Gasteiger partial charge is 0.369 e. The van der Waals surface area contributed by atoms with Gasteiger partial charge in [0, 0.05) is 32.0 Å². The number of nitrogens with two attached hydrogens (primary N) is 2. The van der Waals surface area contributed by atoms with Crippen LogP contribution < -0.4 is 16.4 Å². The number of hydrogen-bond donors (Lipinski definition) is 2. The monoisotopic (exact) mass is 235 g/mol. The quantitative estimate of drug-likeness (QED) is 0.745. The number of carbonyl (C=O) groups excluding carboxylic acids is 1. The summed E-state index contributed by atoms with van der Waals surface area (Å²) in [5.74, 6) is 0.435. The van der Waals surface area contributed by atoms with Crippen molar-refractivity contribution >= 4 is 11.7 Å². The molecule has 2 rings (SSSR count). The van der Waals surface area contributed by atoms with Crippen molar-refractivity contribution < 1.29 is 4.79 Å². The van der Waals surface area contributed by atoms with Crippen molar-refractivity contribution in [1.29, 1.82) is 0 Å². The van der Waals surface area contributed by atoms with Crippen LogP contribution in [0.5, 0.6) is 0 Å². The maximum Gasteiger partial charge on any atom is 0.222 e. The SMILES string of the molecule is NCc1nccnc1N1CCCC(C(N)=O)C1. The van der Waals surface area contributed by atoms with E-state index in [9.17, 15) is 4.79 Å². The Morgan fingerprint density at radius 3 is 2.94 bits per heavy atom. The van der Waals surface area contributed by atoms with E-state index in [2.05, 4.69) is 9.97 Å². The molecule has 1 aliphatic rings. The molecule has 1 aromatic rings. The Kier molecular flexibility index (Phi) is 3.53. The van der Waals surface area contributed by atoms with Gasteiger partial charge in [-0.05, 0) is 12.8 Å². The molecule has 17 heavy (non-hydrogen) atoms. The van der Waals surface area contributed by atoms with Crippen LogP contribution in [0, 0.1) is 5.92 Å². The van der Waals surface area contributed by atoms with Crippen LogP contribution in [-0.4, -0.2) is 29.0 Å². The second-order valence-electron chi connectivity index (χ2n) is 4.22. The highest BCUT2D eigenvalue weighted by Gasteiger charge is 2.25. The van der Waals surface area contributed by atoms with Crippen LogP contribution in [0.4, 0.5) is 5.82 Å². The summed E-state index contributed by atoms with van der Waals surface area (Å²) >= 11 is 0. The Morgan fingerprint density at radius 2 is 2.24 bits per heavy atom. The van der Waals surface area contributed by atoms with Crippen LogP contribution in [0.2, 0.25) is 0 Å². The molecule has 0 aromatic carbocycles. The molecule has 1 unspecified atom stereocenters. The summed E-state index contributed by atoms with van der Waals surface area (Å²) in [5.41, 5.74) is 11.7. The Labute approximate surface area is 100 Å². The molecule has 1 saturated heterocycles. The van der Waals surface area contributed by atoms with Gasteiger partial charge in [0.05, 0.1) is 11.6 Å². The van der Waals surface area contributed by atoms with Crippen LogP contribution in [0.1, 0.15) is 18.5 Å². The molecule has 1 fully saturated rings. The fourth-order valence-corrected chi connectivity index (χ4v) is 2.17. The highest BCUT2D eigenvalue weighted by atomic mass is 16.1. The van der Waals surface area contributed by atoms with Gasteiger partial charge in [-0.2, -0.15) is 0 Å². The lowest BCUT2D eigenvalue weighted by atomic mass is 9.97. The maximum absolute atomic E-state index is 11.2. The fraction of sp³-hybridized carbons (Fsp3) is 0.545. The number of aromatic nitrogens is 2. The molecule has 1 aromatic heterocycles. The minimum atomic E-state index is -0.243. The lowest BCUT2D eigenvalue weighted by Gasteiger charge is -2.32. The molecule has 2 heterocycles. The number of carbonyl (C=O) groups is 1. The Bertz CT molecular complexity index is 409. The number of rotatable bonds is 3. The molecule has 0 radical (unpaired) electrons. The van der Waals surface area contributed by atoms with Gasteiger partial charge in [0.25, 0.3) is 0 Å². The number of amides is 1. The summed E-state index contributed by atoms with van der Waals surface area (Å²) in [4.78, 5) is 21.8. The third kappa shape index (κ3) is 2.52. The van der Waals surface area contributed by atoms with Crippen LogP contribution >= 0.6 is 0 Å². The van der Waals surface area contributed by atoms with E-state index in [1.165, 1.54) is 0 Å². The average molecular weight is 235 g/mol. The van der Waals surface area contributed by atoms with E-state index in [0.29, 0.717) is 13.1 Å². The molecular formula is C11H17N5O. The van der Waals surface area contributed by atoms with Crippen molar-refractivity contribution in [3.8, 4) is 0 Å². The Hall–Kier alpha value is -1.69. The number of piperidine rings is 1. The third-order valence-electron chi connectivity index (χ3n) is 3.07. The molecule has 1 amide bonds. The smallest absolute Gasteiger partial charge is 0.222 e. The van der Waals surface area contributed by atoms with Crippen molar-refractivity contribution in [2.24, 2.45) is 17.4 Å². The average Bonchev–Trinajstić information content (AvgIpc) is 2.39. The molecule has 0 bridgehead atoms. The summed E-state index contributed by atoms with van der Waals surface area (Å²) in [5, 5.41) is 0. The van der Waals surface area contributed by atoms with Gasteiger partial charge >= 0.3 is 0 Å². The van der Waals surface area contributed by atoms with Gasteiger partial charge in [-0.25, -0.2) is 4.98 Å². The number of anilines is 1. The zero-order valence-corrected chi connectivity index (χ0v) is 9.67. The predicted octanol–water partition coefficient (Wildman–Crippen LogP) is -0.363. The molecule has 6 nitrogen and oxygen atoms in total. The first-order valence-corrected chi connectivity index (χ1v) is 5.76. The lowest BCUT2D eigenvalue weighted by Crippen LogP contribution is -2.42. The summed E-state index contributed by atoms with van der Waals surface area (Å²) in [6.07, 6.45) is 5.06. The molecule has 92 valence electrons. The standard InChI is InChI=1S/C11H17N5O/c12-6-9-11(15-4-3-14-9)16-5-1-2-8(7-16)10(13)17/h3-4,8H,1-2,5-7,12H2,(H2,13,17). The van der Waals surface area contributed by atoms with E-state index < -0.39 is 0 Å². The van der Waals surface area contributed by atoms with E-state index in [1.54, 1.807) is 12.4 Å². The summed E-state index contributed by atoms with van der Waals surface area (Å²) < 4.78 is 0. The molecule has 0 aliphatic carbocycles. The normalized spacial score (nSPS) is 20.3. The highest BCUT2D eigenvalue weighted by molar-refractivity contribution is 5.77. The number of nitrogens with zero attached hydrogens (tertiary/aromatic N) is 3. The van der Waals surface area contributed by atoms with E-state index in [1.807, 2.05) is 4.90 Å². The number of primary amides is 1. The van der Waals surface area contributed by atoms with Gasteiger partial charge in [-0.3, -0.25) is 9.78 Å². The van der Waals surface area contributed by atoms with Gasteiger partial charge in [0.15, 0.2) is 5.82 Å². The van der Waals surface area contributed by atoms with Gasteiger partial charge in [0.2, 0.25) is 5.91 Å². The first-order valence-electron chi connectivity index (χ1n) is 5.76. The van der Waals surface area contributed by atoms with Gasteiger partial charge in [-0.15, -0.1) is 0 Å². The minimum Gasteiger partial charge on any atom is -0.369 e. The summed E-state index contributed by atoms with van der Waals surface area (Å²) in [7, 11) is 0. The zero-order valence-electron chi connectivity index (χ0n) is 9.67. The lowest BCUT2D eigenvalue weighted by molar-refractivity contribution is -0.122. The van der Waals surface area contributed by atoms with Crippen LogP contribution in [0.3, 0.4) is 0 Å². The second-order valence-corrected chi connectivity index (χ2v) is 4.22. The Balaban J connectivity index is 2.18. The van der Waals surface area contributed by atoms with Crippen LogP contribution in [0.15, 0.2) is 12.4 Å². The Morgan fingerprint density at radius 1 is 1.47 bits per heavy atom. The first kappa shape index (κ1) is 11.8. The van der Waals surface area contributed by atoms with Gasteiger partial charge < -0.3 is 16.4 Å². The number of hydrogen-bond acceptors (Lipinski definition) is 5. The van der Waals surface area contributed by atoms with Crippen molar-refractivity contribution in [3.05, 3.63) is 18.1 Å². The van der Waals surface area contributed by atoms with E-state index in [-0.39, 0.29) is 11.8 Å². The van der Waals surface area contributed by atoms with Crippen LogP contribution in [-0.2, 0) is 11.3 Å². The van der Waals surface area contributed by atoms with Crippen molar-refractivity contribution in [1.82, 2.24) is 9.97 Å². The van der Waals surface area contributed by atoms with E-state index in [4.69, 9.17) is 11.5 Å². The molecule has 4 N–H and O–H groups in total. The van der Waals surface area contributed by atoms with Crippen LogP contribution in [0.25, 0.3) is 0 Å². The predicted molar refractivity (Wildman–Crippen MR) is 64.1 cm³/mol. The molecule has 1 atom stereocenters. The molecule has 1 aliphatic heterocycles. The minimum absolute atomic E-state index is 0.101. The summed E-state index contributed by atoms with van der Waals surface area (Å²) in [6.45, 7) is 1.83. The highest BCUT2D eigenvalue weighted by Crippen LogP contribution is 2.22. The maximum atomic E-state index is 11.2. The molecule has 6 heteroatoms. The summed E-state index contributed by atoms with van der Waals surface area (Å²) in [6, 6.07) is 0. The van der Waals surface area contributed by atoms with Gasteiger partial charge in [-0.1, -0.05) is 0 Å². The van der Waals surface area contributed by atoms with E-state index >= 15 is 0 Å². The zero-order chi connectivity index (χ0) is 12.3. The topological polar surface area (TPSA) is 98.1 Å². The molecule has 0 spiro atoms. The molecular weight excluding hydrogens is 218 g/mol. The third-order valence-corrected chi connectivity index (χ3v) is 3.07. The van der Waals surface area contributed by atoms with Crippen molar-refractivity contribution in [2.45, 2.75) is 19.4 Å². The second kappa shape index (κ2) is 5.09.